The van der Waals surface area contributed by atoms with E-state index in [-0.39, 0.29) is 11.8 Å². The Hall–Kier alpha value is -3.02. The summed E-state index contributed by atoms with van der Waals surface area (Å²) in [5, 5.41) is 6.53. The highest BCUT2D eigenvalue weighted by molar-refractivity contribution is 5.91. The first kappa shape index (κ1) is 18.8. The first-order valence-corrected chi connectivity index (χ1v) is 9.26. The van der Waals surface area contributed by atoms with Crippen LogP contribution in [0.5, 0.6) is 0 Å². The molecule has 1 unspecified atom stereocenters. The number of anilines is 1. The Morgan fingerprint density at radius 2 is 2.04 bits per heavy atom. The lowest BCUT2D eigenvalue weighted by molar-refractivity contribution is -0.119. The van der Waals surface area contributed by atoms with E-state index in [4.69, 9.17) is 0 Å². The molecule has 2 aromatic rings. The lowest BCUT2D eigenvalue weighted by atomic mass is 9.94. The first-order valence-electron chi connectivity index (χ1n) is 9.26. The molecule has 0 radical (unpaired) electrons. The van der Waals surface area contributed by atoms with Crippen LogP contribution in [0.25, 0.3) is 16.5 Å². The van der Waals surface area contributed by atoms with Gasteiger partial charge in [0.2, 0.25) is 6.41 Å². The van der Waals surface area contributed by atoms with E-state index in [0.717, 1.165) is 27.6 Å². The summed E-state index contributed by atoms with van der Waals surface area (Å²) in [6.07, 6.45) is 12.9. The second kappa shape index (κ2) is 8.58. The van der Waals surface area contributed by atoms with Crippen molar-refractivity contribution in [3.05, 3.63) is 47.9 Å². The Balaban J connectivity index is 0.000000637. The number of amides is 1. The Kier molecular flexibility index (Phi) is 5.96. The maximum Gasteiger partial charge on any atom is 0.212 e. The number of allylic oxidation sites excluding steroid dienone is 2. The van der Waals surface area contributed by atoms with Gasteiger partial charge in [-0.2, -0.15) is 0 Å². The molecular formula is C21H24N4O2. The molecule has 27 heavy (non-hydrogen) atoms. The number of nitrogens with zero attached hydrogens (tertiary/aromatic N) is 2. The van der Waals surface area contributed by atoms with Crippen molar-refractivity contribution in [3.8, 4) is 0 Å². The molecule has 1 fully saturated rings. The summed E-state index contributed by atoms with van der Waals surface area (Å²) in [6.45, 7) is 3.85. The number of fused-ring (bicyclic) bond motifs is 1. The summed E-state index contributed by atoms with van der Waals surface area (Å²) in [5.74, 6) is 0.633. The van der Waals surface area contributed by atoms with Crippen LogP contribution < -0.4 is 10.6 Å². The molecule has 1 atom stereocenters. The predicted molar refractivity (Wildman–Crippen MR) is 107 cm³/mol. The number of pyridine rings is 2. The van der Waals surface area contributed by atoms with Crippen molar-refractivity contribution in [1.82, 2.24) is 15.3 Å². The van der Waals surface area contributed by atoms with Crippen molar-refractivity contribution in [2.45, 2.75) is 45.6 Å². The smallest absolute Gasteiger partial charge is 0.212 e. The SMILES string of the molecule is C1CC1.CCC(=O)C1C=C(C)C(c2cnc3cc(NC=O)ncc3c2)=CN1. The highest BCUT2D eigenvalue weighted by atomic mass is 16.1. The van der Waals surface area contributed by atoms with Crippen molar-refractivity contribution < 1.29 is 9.59 Å². The van der Waals surface area contributed by atoms with Crippen molar-refractivity contribution in [2.24, 2.45) is 0 Å². The Labute approximate surface area is 158 Å². The van der Waals surface area contributed by atoms with Crippen molar-refractivity contribution in [1.29, 1.82) is 0 Å². The maximum atomic E-state index is 11.8. The summed E-state index contributed by atoms with van der Waals surface area (Å²) >= 11 is 0. The normalized spacial score (nSPS) is 17.6. The lowest BCUT2D eigenvalue weighted by Gasteiger charge is -2.21. The second-order valence-corrected chi connectivity index (χ2v) is 6.68. The zero-order valence-corrected chi connectivity index (χ0v) is 15.7. The van der Waals surface area contributed by atoms with E-state index in [1.165, 1.54) is 19.3 Å². The quantitative estimate of drug-likeness (QED) is 0.792. The molecule has 6 heteroatoms. The van der Waals surface area contributed by atoms with Gasteiger partial charge >= 0.3 is 0 Å². The number of nitrogens with one attached hydrogen (secondary N) is 2. The van der Waals surface area contributed by atoms with E-state index < -0.39 is 0 Å². The van der Waals surface area contributed by atoms with E-state index in [9.17, 15) is 9.59 Å². The molecule has 2 aromatic heterocycles. The van der Waals surface area contributed by atoms with Crippen LogP contribution in [0.3, 0.4) is 0 Å². The third-order valence-electron chi connectivity index (χ3n) is 4.38. The number of hydrogen-bond donors (Lipinski definition) is 2. The average molecular weight is 364 g/mol. The molecule has 1 aliphatic carbocycles. The Morgan fingerprint density at radius 3 is 2.67 bits per heavy atom. The highest BCUT2D eigenvalue weighted by Crippen LogP contribution is 2.27. The monoisotopic (exact) mass is 364 g/mol. The minimum atomic E-state index is -0.259. The van der Waals surface area contributed by atoms with E-state index in [1.54, 1.807) is 18.5 Å². The second-order valence-electron chi connectivity index (χ2n) is 6.68. The molecule has 1 aliphatic heterocycles. The molecule has 0 saturated heterocycles. The molecule has 1 saturated carbocycles. The fraction of sp³-hybridized carbons (Fsp3) is 0.333. The number of aromatic nitrogens is 2. The van der Waals surface area contributed by atoms with Gasteiger partial charge in [0.15, 0.2) is 5.78 Å². The van der Waals surface area contributed by atoms with Gasteiger partial charge in [0.25, 0.3) is 0 Å². The van der Waals surface area contributed by atoms with Gasteiger partial charge in [0, 0.05) is 47.6 Å². The summed E-state index contributed by atoms with van der Waals surface area (Å²) in [5.41, 5.74) is 3.74. The van der Waals surface area contributed by atoms with E-state index in [2.05, 4.69) is 20.6 Å². The van der Waals surface area contributed by atoms with Gasteiger partial charge in [-0.3, -0.25) is 14.6 Å². The van der Waals surface area contributed by atoms with Crippen LogP contribution in [0.15, 0.2) is 42.4 Å². The number of hydrogen-bond acceptors (Lipinski definition) is 5. The maximum absolute atomic E-state index is 11.8. The van der Waals surface area contributed by atoms with E-state index >= 15 is 0 Å². The molecule has 1 amide bonds. The van der Waals surface area contributed by atoms with Gasteiger partial charge in [-0.05, 0) is 18.6 Å². The number of rotatable bonds is 5. The first-order chi connectivity index (χ1) is 13.1. The lowest BCUT2D eigenvalue weighted by Crippen LogP contribution is -2.33. The number of ketones is 1. The molecule has 0 spiro atoms. The van der Waals surface area contributed by atoms with E-state index in [0.29, 0.717) is 18.6 Å². The molecule has 4 rings (SSSR count). The Morgan fingerprint density at radius 1 is 1.26 bits per heavy atom. The van der Waals surface area contributed by atoms with Crippen LogP contribution in [0, 0.1) is 0 Å². The average Bonchev–Trinajstić information content (AvgIpc) is 3.56. The molecule has 140 valence electrons. The number of dihydropyridines is 1. The zero-order chi connectivity index (χ0) is 19.2. The third-order valence-corrected chi connectivity index (χ3v) is 4.38. The molecule has 6 nitrogen and oxygen atoms in total. The number of carbonyl (C=O) groups excluding carboxylic acids is 2. The van der Waals surface area contributed by atoms with Gasteiger partial charge in [-0.15, -0.1) is 0 Å². The van der Waals surface area contributed by atoms with Crippen molar-refractivity contribution >= 4 is 34.5 Å². The molecular weight excluding hydrogens is 340 g/mol. The molecule has 2 aliphatic rings. The fourth-order valence-electron chi connectivity index (χ4n) is 2.70. The van der Waals surface area contributed by atoms with Gasteiger partial charge in [0.05, 0.1) is 5.52 Å². The Bertz CT molecular complexity index is 913. The summed E-state index contributed by atoms with van der Waals surface area (Å²) in [4.78, 5) is 30.9. The summed E-state index contributed by atoms with van der Waals surface area (Å²) in [6, 6.07) is 3.46. The van der Waals surface area contributed by atoms with Crippen LogP contribution in [-0.2, 0) is 9.59 Å². The standard InChI is InChI=1S/C18H18N4O2.C3H6/c1-3-17(24)16-4-11(2)14(9-20-16)12-5-13-8-21-18(22-10-23)6-15(13)19-7-12;1-2-3-1/h4-10,16,20H,3H2,1-2H3,(H,21,22,23);1-3H2. The van der Waals surface area contributed by atoms with Gasteiger partial charge in [-0.25, -0.2) is 4.98 Å². The van der Waals surface area contributed by atoms with Crippen LogP contribution in [0.4, 0.5) is 5.82 Å². The predicted octanol–water partition coefficient (Wildman–Crippen LogP) is 3.61. The largest absolute Gasteiger partial charge is 0.378 e. The number of carbonyl (C=O) groups is 2. The van der Waals surface area contributed by atoms with Crippen LogP contribution in [0.1, 0.15) is 45.1 Å². The van der Waals surface area contributed by atoms with Crippen molar-refractivity contribution in [3.63, 3.8) is 0 Å². The van der Waals surface area contributed by atoms with Crippen LogP contribution in [-0.4, -0.2) is 28.2 Å². The van der Waals surface area contributed by atoms with E-state index in [1.807, 2.05) is 32.2 Å². The third kappa shape index (κ3) is 4.78. The minimum Gasteiger partial charge on any atom is -0.378 e. The summed E-state index contributed by atoms with van der Waals surface area (Å²) < 4.78 is 0. The molecule has 0 bridgehead atoms. The highest BCUT2D eigenvalue weighted by Gasteiger charge is 2.19. The zero-order valence-electron chi connectivity index (χ0n) is 15.7. The van der Waals surface area contributed by atoms with Gasteiger partial charge < -0.3 is 10.6 Å². The molecule has 0 aromatic carbocycles. The molecule has 3 heterocycles. The minimum absolute atomic E-state index is 0.167. The topological polar surface area (TPSA) is 84.0 Å². The van der Waals surface area contributed by atoms with Crippen molar-refractivity contribution in [2.75, 3.05) is 5.32 Å². The fourth-order valence-corrected chi connectivity index (χ4v) is 2.70. The number of Topliss-reactive ketones (excluding diaryl/α,β-unsaturated/α-hetero) is 1. The molecule has 2 N–H and O–H groups in total. The summed E-state index contributed by atoms with van der Waals surface area (Å²) in [7, 11) is 0. The van der Waals surface area contributed by atoms with Crippen LogP contribution in [0.2, 0.25) is 0 Å². The van der Waals surface area contributed by atoms with Gasteiger partial charge in [-0.1, -0.05) is 32.3 Å². The van der Waals surface area contributed by atoms with Gasteiger partial charge in [0.1, 0.15) is 11.9 Å². The van der Waals surface area contributed by atoms with Crippen LogP contribution >= 0.6 is 0 Å².